The van der Waals surface area contributed by atoms with Crippen LogP contribution in [0.5, 0.6) is 5.75 Å². The summed E-state index contributed by atoms with van der Waals surface area (Å²) in [5.41, 5.74) is 3.02. The van der Waals surface area contributed by atoms with Crippen LogP contribution in [0.15, 0.2) is 42.6 Å². The summed E-state index contributed by atoms with van der Waals surface area (Å²) in [6.07, 6.45) is 1.24. The molecule has 128 valence electrons. The molecule has 6 heteroatoms. The van der Waals surface area contributed by atoms with Crippen LogP contribution in [0.4, 0.5) is 11.4 Å². The van der Waals surface area contributed by atoms with Gasteiger partial charge >= 0.3 is 5.97 Å². The van der Waals surface area contributed by atoms with Crippen molar-refractivity contribution in [3.8, 4) is 5.75 Å². The summed E-state index contributed by atoms with van der Waals surface area (Å²) < 4.78 is 5.33. The number of esters is 1. The van der Waals surface area contributed by atoms with E-state index in [1.807, 2.05) is 19.1 Å². The molecule has 2 aromatic heterocycles. The molecule has 25 heavy (non-hydrogen) atoms. The lowest BCUT2D eigenvalue weighted by Gasteiger charge is -2.15. The quantitative estimate of drug-likeness (QED) is 0.554. The summed E-state index contributed by atoms with van der Waals surface area (Å²) in [5.74, 6) is -0.284. The van der Waals surface area contributed by atoms with Crippen LogP contribution >= 0.6 is 0 Å². The number of pyridine rings is 2. The van der Waals surface area contributed by atoms with E-state index in [4.69, 9.17) is 4.74 Å². The molecule has 2 N–H and O–H groups in total. The van der Waals surface area contributed by atoms with Gasteiger partial charge in [-0.05, 0) is 57.2 Å². The Bertz CT molecular complexity index is 921. The molecule has 3 rings (SSSR count). The van der Waals surface area contributed by atoms with Crippen molar-refractivity contribution in [3.05, 3.63) is 53.9 Å². The number of carbonyl (C=O) groups excluding carboxylic acids is 1. The number of nitrogens with one attached hydrogen (secondary N) is 1. The lowest BCUT2D eigenvalue weighted by molar-refractivity contribution is 0.0379. The summed E-state index contributed by atoms with van der Waals surface area (Å²) in [4.78, 5) is 21.2. The molecule has 3 aromatic rings. The second-order valence-corrected chi connectivity index (χ2v) is 6.00. The smallest absolute Gasteiger partial charge is 0.342 e. The molecule has 1 aromatic carbocycles. The average molecular weight is 337 g/mol. The number of carbonyl (C=O) groups is 1. The zero-order chi connectivity index (χ0) is 18.0. The van der Waals surface area contributed by atoms with E-state index >= 15 is 0 Å². The van der Waals surface area contributed by atoms with E-state index in [0.717, 1.165) is 16.8 Å². The third-order valence-corrected chi connectivity index (χ3v) is 3.57. The van der Waals surface area contributed by atoms with E-state index in [-0.39, 0.29) is 11.9 Å². The largest absolute Gasteiger partial charge is 0.508 e. The van der Waals surface area contributed by atoms with Gasteiger partial charge in [0, 0.05) is 23.0 Å². The summed E-state index contributed by atoms with van der Waals surface area (Å²) >= 11 is 0. The van der Waals surface area contributed by atoms with Gasteiger partial charge in [-0.3, -0.25) is 0 Å². The van der Waals surface area contributed by atoms with Crippen LogP contribution in [0.3, 0.4) is 0 Å². The molecular formula is C19H19N3O3. The molecular weight excluding hydrogens is 318 g/mol. The predicted molar refractivity (Wildman–Crippen MR) is 96.2 cm³/mol. The van der Waals surface area contributed by atoms with Crippen molar-refractivity contribution in [2.75, 3.05) is 5.32 Å². The molecule has 0 aliphatic carbocycles. The Labute approximate surface area is 145 Å². The minimum Gasteiger partial charge on any atom is -0.508 e. The predicted octanol–water partition coefficient (Wildman–Crippen LogP) is 3.95. The first-order chi connectivity index (χ1) is 11.9. The van der Waals surface area contributed by atoms with Crippen LogP contribution in [0.1, 0.15) is 29.9 Å². The number of anilines is 2. The number of ether oxygens (including phenoxy) is 1. The highest BCUT2D eigenvalue weighted by molar-refractivity contribution is 6.05. The van der Waals surface area contributed by atoms with Crippen molar-refractivity contribution in [2.24, 2.45) is 0 Å². The second kappa shape index (κ2) is 6.76. The molecule has 0 atom stereocenters. The van der Waals surface area contributed by atoms with Gasteiger partial charge in [0.05, 0.1) is 11.8 Å². The van der Waals surface area contributed by atoms with Gasteiger partial charge in [0.25, 0.3) is 0 Å². The monoisotopic (exact) mass is 337 g/mol. The fourth-order valence-corrected chi connectivity index (χ4v) is 2.43. The maximum absolute atomic E-state index is 12.5. The highest BCUT2D eigenvalue weighted by Gasteiger charge is 2.19. The van der Waals surface area contributed by atoms with Crippen molar-refractivity contribution in [2.45, 2.75) is 26.9 Å². The Morgan fingerprint density at radius 2 is 1.88 bits per heavy atom. The maximum Gasteiger partial charge on any atom is 0.342 e. The number of aromatic hydroxyl groups is 1. The Morgan fingerprint density at radius 3 is 2.56 bits per heavy atom. The van der Waals surface area contributed by atoms with E-state index in [9.17, 15) is 9.90 Å². The van der Waals surface area contributed by atoms with Crippen molar-refractivity contribution in [1.29, 1.82) is 0 Å². The lowest BCUT2D eigenvalue weighted by atomic mass is 10.1. The molecule has 0 spiro atoms. The zero-order valence-corrected chi connectivity index (χ0v) is 14.3. The van der Waals surface area contributed by atoms with Crippen molar-refractivity contribution in [1.82, 2.24) is 9.97 Å². The van der Waals surface area contributed by atoms with E-state index in [2.05, 4.69) is 15.3 Å². The standard InChI is InChI=1S/C19H19N3O3/c1-11(2)25-19(24)16-10-20-18-15(9-4-12(3)21-18)17(16)22-13-5-7-14(23)8-6-13/h4-11,23H,1-3H3,(H,20,21,22). The highest BCUT2D eigenvalue weighted by atomic mass is 16.5. The Kier molecular flexibility index (Phi) is 4.52. The number of hydrogen-bond donors (Lipinski definition) is 2. The number of hydrogen-bond acceptors (Lipinski definition) is 6. The van der Waals surface area contributed by atoms with Crippen LogP contribution in [0.25, 0.3) is 11.0 Å². The molecule has 0 saturated heterocycles. The minimum absolute atomic E-state index is 0.168. The summed E-state index contributed by atoms with van der Waals surface area (Å²) in [7, 11) is 0. The van der Waals surface area contributed by atoms with Gasteiger partial charge in [0.15, 0.2) is 5.65 Å². The molecule has 0 amide bonds. The van der Waals surface area contributed by atoms with Gasteiger partial charge in [-0.25, -0.2) is 14.8 Å². The molecule has 0 bridgehead atoms. The van der Waals surface area contributed by atoms with Gasteiger partial charge in [0.2, 0.25) is 0 Å². The number of rotatable bonds is 4. The maximum atomic E-state index is 12.5. The van der Waals surface area contributed by atoms with E-state index in [1.165, 1.54) is 6.20 Å². The van der Waals surface area contributed by atoms with Crippen LogP contribution < -0.4 is 5.32 Å². The highest BCUT2D eigenvalue weighted by Crippen LogP contribution is 2.30. The number of aryl methyl sites for hydroxylation is 1. The zero-order valence-electron chi connectivity index (χ0n) is 14.3. The van der Waals surface area contributed by atoms with Crippen molar-refractivity contribution in [3.63, 3.8) is 0 Å². The first-order valence-electron chi connectivity index (χ1n) is 7.97. The van der Waals surface area contributed by atoms with Gasteiger partial charge < -0.3 is 15.2 Å². The molecule has 6 nitrogen and oxygen atoms in total. The van der Waals surface area contributed by atoms with Crippen LogP contribution in [0.2, 0.25) is 0 Å². The Hall–Kier alpha value is -3.15. The van der Waals surface area contributed by atoms with E-state index in [0.29, 0.717) is 16.9 Å². The normalized spacial score (nSPS) is 10.9. The van der Waals surface area contributed by atoms with Crippen molar-refractivity contribution >= 4 is 28.4 Å². The average Bonchev–Trinajstić information content (AvgIpc) is 2.56. The summed E-state index contributed by atoms with van der Waals surface area (Å²) in [5, 5.41) is 13.4. The third kappa shape index (κ3) is 3.68. The van der Waals surface area contributed by atoms with E-state index in [1.54, 1.807) is 38.1 Å². The fourth-order valence-electron chi connectivity index (χ4n) is 2.43. The van der Waals surface area contributed by atoms with Crippen molar-refractivity contribution < 1.29 is 14.6 Å². The first-order valence-corrected chi connectivity index (χ1v) is 7.97. The van der Waals surface area contributed by atoms with Crippen LogP contribution in [0, 0.1) is 6.92 Å². The molecule has 0 fully saturated rings. The van der Waals surface area contributed by atoms with Gasteiger partial charge in [-0.1, -0.05) is 0 Å². The number of phenolic OH excluding ortho intramolecular Hbond substituents is 1. The van der Waals surface area contributed by atoms with E-state index < -0.39 is 5.97 Å². The lowest BCUT2D eigenvalue weighted by Crippen LogP contribution is -2.14. The molecule has 0 aliphatic heterocycles. The number of nitrogens with zero attached hydrogens (tertiary/aromatic N) is 2. The second-order valence-electron chi connectivity index (χ2n) is 6.00. The number of benzene rings is 1. The number of fused-ring (bicyclic) bond motifs is 1. The number of aromatic nitrogens is 2. The molecule has 2 heterocycles. The molecule has 0 radical (unpaired) electrons. The third-order valence-electron chi connectivity index (χ3n) is 3.57. The molecule has 0 aliphatic rings. The fraction of sp³-hybridized carbons (Fsp3) is 0.211. The summed E-state index contributed by atoms with van der Waals surface area (Å²) in [6, 6.07) is 10.3. The van der Waals surface area contributed by atoms with Crippen LogP contribution in [-0.2, 0) is 4.74 Å². The first kappa shape index (κ1) is 16.7. The molecule has 0 unspecified atom stereocenters. The number of phenols is 1. The van der Waals surface area contributed by atoms with Gasteiger partial charge in [0.1, 0.15) is 11.3 Å². The minimum atomic E-state index is -0.453. The SMILES string of the molecule is Cc1ccc2c(Nc3ccc(O)cc3)c(C(=O)OC(C)C)cnc2n1. The Morgan fingerprint density at radius 1 is 1.16 bits per heavy atom. The Balaban J connectivity index is 2.12. The van der Waals surface area contributed by atoms with Crippen LogP contribution in [-0.4, -0.2) is 27.1 Å². The molecule has 0 saturated carbocycles. The van der Waals surface area contributed by atoms with Gasteiger partial charge in [-0.2, -0.15) is 0 Å². The topological polar surface area (TPSA) is 84.3 Å². The summed E-state index contributed by atoms with van der Waals surface area (Å²) in [6.45, 7) is 5.48. The van der Waals surface area contributed by atoms with Gasteiger partial charge in [-0.15, -0.1) is 0 Å².